The highest BCUT2D eigenvalue weighted by Gasteiger charge is 2.19. The molecule has 9 aromatic rings. The molecule has 0 amide bonds. The van der Waals surface area contributed by atoms with Gasteiger partial charge in [0.25, 0.3) is 0 Å². The molecule has 0 nitrogen and oxygen atoms in total. The minimum absolute atomic E-state index is 1.23. The molecule has 0 saturated carbocycles. The summed E-state index contributed by atoms with van der Waals surface area (Å²) in [4.78, 5) is 0. The first-order valence-corrected chi connectivity index (χ1v) is 16.6. The van der Waals surface area contributed by atoms with Crippen LogP contribution >= 0.6 is 22.7 Å². The minimum atomic E-state index is 1.23. The second kappa shape index (κ2) is 10.3. The lowest BCUT2D eigenvalue weighted by Gasteiger charge is -2.17. The largest absolute Gasteiger partial charge is 0.135 e. The third-order valence-electron chi connectivity index (χ3n) is 8.71. The molecule has 0 saturated heterocycles. The zero-order chi connectivity index (χ0) is 29.0. The van der Waals surface area contributed by atoms with Gasteiger partial charge in [-0.25, -0.2) is 0 Å². The molecule has 2 heterocycles. The van der Waals surface area contributed by atoms with E-state index in [4.69, 9.17) is 0 Å². The quantitative estimate of drug-likeness (QED) is 0.190. The topological polar surface area (TPSA) is 0 Å². The van der Waals surface area contributed by atoms with E-state index in [1.54, 1.807) is 0 Å². The molecule has 0 bridgehead atoms. The molecule has 0 unspecified atom stereocenters. The van der Waals surface area contributed by atoms with Crippen LogP contribution in [0.2, 0.25) is 0 Å². The van der Waals surface area contributed by atoms with Crippen LogP contribution in [0.3, 0.4) is 0 Å². The Morgan fingerprint density at radius 2 is 0.841 bits per heavy atom. The summed E-state index contributed by atoms with van der Waals surface area (Å²) in [6.45, 7) is 0. The van der Waals surface area contributed by atoms with Crippen molar-refractivity contribution in [1.82, 2.24) is 0 Å². The third kappa shape index (κ3) is 4.11. The first-order valence-electron chi connectivity index (χ1n) is 14.9. The first kappa shape index (κ1) is 25.5. The Hall–Kier alpha value is -5.02. The molecule has 0 N–H and O–H groups in total. The standard InChI is InChI=1S/C42H26S2/c1-3-11-27(12-4-1)31-21-19-30(26-35(31)28-13-5-2-6-14-28)41-32(22-24-40-42(41)34-16-8-10-18-38(34)44-40)29-20-23-39-36(25-29)33-15-7-9-17-37(33)43-39/h1-26H. The summed E-state index contributed by atoms with van der Waals surface area (Å²) < 4.78 is 5.31. The lowest BCUT2D eigenvalue weighted by atomic mass is 9.86. The average molecular weight is 595 g/mol. The molecule has 0 aliphatic rings. The van der Waals surface area contributed by atoms with E-state index in [9.17, 15) is 0 Å². The summed E-state index contributed by atoms with van der Waals surface area (Å²) in [6.07, 6.45) is 0. The van der Waals surface area contributed by atoms with Crippen LogP contribution in [0.4, 0.5) is 0 Å². The SMILES string of the molecule is c1ccc(-c2ccc(-c3c(-c4ccc5sc6ccccc6c5c4)ccc4sc5ccccc5c34)cc2-c2ccccc2)cc1. The van der Waals surface area contributed by atoms with Crippen LogP contribution in [-0.2, 0) is 0 Å². The monoisotopic (exact) mass is 594 g/mol. The Kier molecular flexibility index (Phi) is 5.97. The van der Waals surface area contributed by atoms with Crippen molar-refractivity contribution in [3.8, 4) is 44.5 Å². The van der Waals surface area contributed by atoms with Gasteiger partial charge in [0.05, 0.1) is 0 Å². The number of hydrogen-bond donors (Lipinski definition) is 0. The number of rotatable bonds is 4. The van der Waals surface area contributed by atoms with Crippen molar-refractivity contribution in [2.45, 2.75) is 0 Å². The van der Waals surface area contributed by atoms with Crippen LogP contribution in [-0.4, -0.2) is 0 Å². The predicted octanol–water partition coefficient (Wildman–Crippen LogP) is 13.1. The van der Waals surface area contributed by atoms with Crippen molar-refractivity contribution in [3.63, 3.8) is 0 Å². The van der Waals surface area contributed by atoms with Crippen LogP contribution in [0.15, 0.2) is 158 Å². The van der Waals surface area contributed by atoms with E-state index in [2.05, 4.69) is 158 Å². The van der Waals surface area contributed by atoms with Gasteiger partial charge in [-0.05, 0) is 80.9 Å². The molecular formula is C42H26S2. The fourth-order valence-electron chi connectivity index (χ4n) is 6.68. The van der Waals surface area contributed by atoms with Crippen LogP contribution in [0.25, 0.3) is 84.9 Å². The van der Waals surface area contributed by atoms with E-state index in [0.717, 1.165) is 0 Å². The Morgan fingerprint density at radius 1 is 0.295 bits per heavy atom. The summed E-state index contributed by atoms with van der Waals surface area (Å²) in [5, 5.41) is 5.31. The zero-order valence-corrected chi connectivity index (χ0v) is 25.5. The molecule has 9 rings (SSSR count). The van der Waals surface area contributed by atoms with E-state index in [-0.39, 0.29) is 0 Å². The second-order valence-electron chi connectivity index (χ2n) is 11.3. The van der Waals surface area contributed by atoms with E-state index in [1.807, 2.05) is 22.7 Å². The van der Waals surface area contributed by atoms with Crippen molar-refractivity contribution < 1.29 is 0 Å². The molecular weight excluding hydrogens is 569 g/mol. The average Bonchev–Trinajstić information content (AvgIpc) is 3.66. The maximum atomic E-state index is 2.42. The molecule has 0 fully saturated rings. The van der Waals surface area contributed by atoms with Gasteiger partial charge in [0.1, 0.15) is 0 Å². The molecule has 2 aromatic heterocycles. The molecule has 44 heavy (non-hydrogen) atoms. The van der Waals surface area contributed by atoms with Crippen molar-refractivity contribution in [1.29, 1.82) is 0 Å². The molecule has 0 atom stereocenters. The smallest absolute Gasteiger partial charge is 0.0362 e. The lowest BCUT2D eigenvalue weighted by Crippen LogP contribution is -1.91. The van der Waals surface area contributed by atoms with Gasteiger partial charge in [0, 0.05) is 40.3 Å². The van der Waals surface area contributed by atoms with Crippen LogP contribution in [0, 0.1) is 0 Å². The van der Waals surface area contributed by atoms with Gasteiger partial charge >= 0.3 is 0 Å². The zero-order valence-electron chi connectivity index (χ0n) is 23.8. The highest BCUT2D eigenvalue weighted by Crippen LogP contribution is 2.47. The summed E-state index contributed by atoms with van der Waals surface area (Å²) in [5.41, 5.74) is 10.0. The van der Waals surface area contributed by atoms with Crippen molar-refractivity contribution >= 4 is 63.0 Å². The minimum Gasteiger partial charge on any atom is -0.135 e. The molecule has 0 aliphatic carbocycles. The highest BCUT2D eigenvalue weighted by atomic mass is 32.1. The van der Waals surface area contributed by atoms with E-state index in [1.165, 1.54) is 84.9 Å². The molecule has 0 spiro atoms. The van der Waals surface area contributed by atoms with Gasteiger partial charge in [-0.3, -0.25) is 0 Å². The van der Waals surface area contributed by atoms with Gasteiger partial charge in [0.15, 0.2) is 0 Å². The molecule has 0 radical (unpaired) electrons. The Labute approximate surface area is 264 Å². The summed E-state index contributed by atoms with van der Waals surface area (Å²) in [6, 6.07) is 57.9. The maximum Gasteiger partial charge on any atom is 0.0362 e. The van der Waals surface area contributed by atoms with E-state index >= 15 is 0 Å². The third-order valence-corrected chi connectivity index (χ3v) is 11.0. The summed E-state index contributed by atoms with van der Waals surface area (Å²) in [7, 11) is 0. The summed E-state index contributed by atoms with van der Waals surface area (Å²) in [5.74, 6) is 0. The van der Waals surface area contributed by atoms with Gasteiger partial charge in [0.2, 0.25) is 0 Å². The molecule has 0 aliphatic heterocycles. The number of thiophene rings is 2. The van der Waals surface area contributed by atoms with Gasteiger partial charge < -0.3 is 0 Å². The fourth-order valence-corrected chi connectivity index (χ4v) is 8.88. The van der Waals surface area contributed by atoms with Gasteiger partial charge in [-0.15, -0.1) is 22.7 Å². The van der Waals surface area contributed by atoms with Crippen molar-refractivity contribution in [2.24, 2.45) is 0 Å². The van der Waals surface area contributed by atoms with Crippen molar-refractivity contribution in [3.05, 3.63) is 158 Å². The van der Waals surface area contributed by atoms with Crippen molar-refractivity contribution in [2.75, 3.05) is 0 Å². The fraction of sp³-hybridized carbons (Fsp3) is 0. The van der Waals surface area contributed by atoms with Crippen LogP contribution in [0.5, 0.6) is 0 Å². The first-order chi connectivity index (χ1) is 21.8. The lowest BCUT2D eigenvalue weighted by molar-refractivity contribution is 1.57. The second-order valence-corrected chi connectivity index (χ2v) is 13.4. The van der Waals surface area contributed by atoms with Gasteiger partial charge in [-0.2, -0.15) is 0 Å². The Morgan fingerprint density at radius 3 is 1.61 bits per heavy atom. The molecule has 7 aromatic carbocycles. The Balaban J connectivity index is 1.36. The van der Waals surface area contributed by atoms with Crippen LogP contribution in [0.1, 0.15) is 0 Å². The maximum absolute atomic E-state index is 2.42. The number of benzene rings is 7. The highest BCUT2D eigenvalue weighted by molar-refractivity contribution is 7.26. The van der Waals surface area contributed by atoms with Crippen LogP contribution < -0.4 is 0 Å². The number of hydrogen-bond acceptors (Lipinski definition) is 2. The summed E-state index contributed by atoms with van der Waals surface area (Å²) >= 11 is 3.76. The molecule has 2 heteroatoms. The van der Waals surface area contributed by atoms with E-state index < -0.39 is 0 Å². The molecule has 206 valence electrons. The predicted molar refractivity (Wildman–Crippen MR) is 194 cm³/mol. The number of fused-ring (bicyclic) bond motifs is 6. The Bertz CT molecular complexity index is 2480. The van der Waals surface area contributed by atoms with Gasteiger partial charge in [-0.1, -0.05) is 121 Å². The normalized spacial score (nSPS) is 11.6. The van der Waals surface area contributed by atoms with E-state index in [0.29, 0.717) is 0 Å².